The van der Waals surface area contributed by atoms with Gasteiger partial charge in [0.25, 0.3) is 5.91 Å². The summed E-state index contributed by atoms with van der Waals surface area (Å²) in [6.45, 7) is 12.2. The van der Waals surface area contributed by atoms with E-state index in [1.54, 1.807) is 18.2 Å². The van der Waals surface area contributed by atoms with Crippen LogP contribution in [0.5, 0.6) is 5.75 Å². The van der Waals surface area contributed by atoms with Gasteiger partial charge in [0.05, 0.1) is 17.4 Å². The third-order valence-corrected chi connectivity index (χ3v) is 6.00. The maximum absolute atomic E-state index is 13.1. The highest BCUT2D eigenvalue weighted by atomic mass is 16.5. The summed E-state index contributed by atoms with van der Waals surface area (Å²) < 4.78 is 7.75. The van der Waals surface area contributed by atoms with Crippen molar-refractivity contribution in [2.24, 2.45) is 12.8 Å². The van der Waals surface area contributed by atoms with Crippen molar-refractivity contribution in [2.75, 3.05) is 0 Å². The number of hydrogen-bond acceptors (Lipinski definition) is 5. The smallest absolute Gasteiger partial charge is 0.251 e. The second-order valence-corrected chi connectivity index (χ2v) is 11.1. The fourth-order valence-corrected chi connectivity index (χ4v) is 4.42. The highest BCUT2D eigenvalue weighted by Gasteiger charge is 2.21. The summed E-state index contributed by atoms with van der Waals surface area (Å²) in [6.07, 6.45) is 3.26. The number of rotatable bonds is 9. The molecule has 0 fully saturated rings. The van der Waals surface area contributed by atoms with E-state index < -0.39 is 0 Å². The number of aryl methyl sites for hydroxylation is 1. The molecule has 37 heavy (non-hydrogen) atoms. The van der Waals surface area contributed by atoms with Crippen LogP contribution in [0.25, 0.3) is 11.3 Å². The van der Waals surface area contributed by atoms with Crippen molar-refractivity contribution in [3.8, 4) is 23.1 Å². The lowest BCUT2D eigenvalue weighted by Gasteiger charge is -2.21. The molecule has 3 N–H and O–H groups in total. The largest absolute Gasteiger partial charge is 0.490 e. The molecule has 0 spiro atoms. The third kappa shape index (κ3) is 7.43. The van der Waals surface area contributed by atoms with Crippen LogP contribution in [-0.2, 0) is 18.9 Å². The van der Waals surface area contributed by atoms with Gasteiger partial charge in [-0.3, -0.25) is 4.79 Å². The molecule has 0 radical (unpaired) electrons. The Balaban J connectivity index is 1.75. The SMILES string of the molecule is CC(N)C[C@H](Cc1ccc(-c2cn(C)c(C(C)(C)C)n2)cc1)NC(=O)c1ccc(OC(C)C)c(C#N)c1. The van der Waals surface area contributed by atoms with Gasteiger partial charge in [-0.05, 0) is 57.4 Å². The molecule has 0 aliphatic rings. The molecule has 1 unspecified atom stereocenters. The Hall–Kier alpha value is -3.63. The van der Waals surface area contributed by atoms with E-state index in [0.29, 0.717) is 29.7 Å². The van der Waals surface area contributed by atoms with Crippen molar-refractivity contribution in [3.05, 3.63) is 71.2 Å². The van der Waals surface area contributed by atoms with Gasteiger partial charge in [-0.1, -0.05) is 45.0 Å². The number of carbonyl (C=O) groups excluding carboxylic acids is 1. The van der Waals surface area contributed by atoms with Gasteiger partial charge in [0.2, 0.25) is 0 Å². The van der Waals surface area contributed by atoms with Gasteiger partial charge in [0.1, 0.15) is 17.6 Å². The van der Waals surface area contributed by atoms with Gasteiger partial charge < -0.3 is 20.4 Å². The molecule has 0 aliphatic carbocycles. The maximum Gasteiger partial charge on any atom is 0.251 e. The molecule has 2 aromatic carbocycles. The molecule has 7 heteroatoms. The number of nitrogens with one attached hydrogen (secondary N) is 1. The molecule has 0 bridgehead atoms. The van der Waals surface area contributed by atoms with Crippen molar-refractivity contribution >= 4 is 5.91 Å². The van der Waals surface area contributed by atoms with Crippen LogP contribution in [0, 0.1) is 11.3 Å². The zero-order valence-corrected chi connectivity index (χ0v) is 23.0. The number of amides is 1. The zero-order valence-electron chi connectivity index (χ0n) is 23.0. The van der Waals surface area contributed by atoms with E-state index in [0.717, 1.165) is 22.6 Å². The van der Waals surface area contributed by atoms with Crippen LogP contribution in [0.3, 0.4) is 0 Å². The standard InChI is InChI=1S/C30H39N5O2/c1-19(2)37-27-13-12-23(16-24(27)17-31)28(36)33-25(14-20(3)32)15-21-8-10-22(11-9-21)26-18-35(7)29(34-26)30(4,5)6/h8-13,16,18-20,25H,14-15,32H2,1-7H3,(H,33,36)/t20?,25-/m1/s1. The molecule has 3 aromatic rings. The molecule has 0 aliphatic heterocycles. The van der Waals surface area contributed by atoms with Gasteiger partial charge in [-0.25, -0.2) is 4.98 Å². The van der Waals surface area contributed by atoms with E-state index in [4.69, 9.17) is 15.5 Å². The summed E-state index contributed by atoms with van der Waals surface area (Å²) in [4.78, 5) is 17.9. The number of ether oxygens (including phenoxy) is 1. The summed E-state index contributed by atoms with van der Waals surface area (Å²) in [5, 5.41) is 12.6. The van der Waals surface area contributed by atoms with E-state index in [1.165, 1.54) is 0 Å². The van der Waals surface area contributed by atoms with Crippen molar-refractivity contribution in [3.63, 3.8) is 0 Å². The summed E-state index contributed by atoms with van der Waals surface area (Å²) in [5.41, 5.74) is 9.92. The molecule has 0 saturated heterocycles. The third-order valence-electron chi connectivity index (χ3n) is 6.00. The Morgan fingerprint density at radius 2 is 1.84 bits per heavy atom. The summed E-state index contributed by atoms with van der Waals surface area (Å²) in [7, 11) is 2.02. The number of imidazole rings is 1. The minimum absolute atomic E-state index is 0.0347. The average Bonchev–Trinajstić information content (AvgIpc) is 3.21. The maximum atomic E-state index is 13.1. The molecule has 0 saturated carbocycles. The number of aromatic nitrogens is 2. The molecule has 1 amide bonds. The summed E-state index contributed by atoms with van der Waals surface area (Å²) >= 11 is 0. The fourth-order valence-electron chi connectivity index (χ4n) is 4.42. The van der Waals surface area contributed by atoms with Crippen LogP contribution in [-0.4, -0.2) is 33.6 Å². The number of nitrogens with two attached hydrogens (primary N) is 1. The predicted octanol–water partition coefficient (Wildman–Crippen LogP) is 5.12. The molecular weight excluding hydrogens is 462 g/mol. The Morgan fingerprint density at radius 3 is 2.38 bits per heavy atom. The first-order chi connectivity index (χ1) is 17.4. The Kier molecular flexibility index (Phi) is 8.77. The van der Waals surface area contributed by atoms with Crippen LogP contribution in [0.4, 0.5) is 0 Å². The number of nitrogens with zero attached hydrogens (tertiary/aromatic N) is 3. The van der Waals surface area contributed by atoms with Crippen LogP contribution in [0.2, 0.25) is 0 Å². The monoisotopic (exact) mass is 501 g/mol. The second-order valence-electron chi connectivity index (χ2n) is 11.1. The minimum atomic E-state index is -0.238. The molecule has 1 aromatic heterocycles. The lowest BCUT2D eigenvalue weighted by Crippen LogP contribution is -2.40. The molecule has 1 heterocycles. The van der Waals surface area contributed by atoms with E-state index >= 15 is 0 Å². The van der Waals surface area contributed by atoms with Crippen LogP contribution < -0.4 is 15.8 Å². The van der Waals surface area contributed by atoms with Crippen molar-refractivity contribution in [1.29, 1.82) is 5.26 Å². The molecule has 2 atom stereocenters. The fraction of sp³-hybridized carbons (Fsp3) is 0.433. The predicted molar refractivity (Wildman–Crippen MR) is 147 cm³/mol. The van der Waals surface area contributed by atoms with E-state index in [-0.39, 0.29) is 29.5 Å². The molecule has 196 valence electrons. The minimum Gasteiger partial charge on any atom is -0.490 e. The van der Waals surface area contributed by atoms with Gasteiger partial charge in [-0.15, -0.1) is 0 Å². The second kappa shape index (κ2) is 11.6. The summed E-state index contributed by atoms with van der Waals surface area (Å²) in [6, 6.07) is 15.1. The number of benzene rings is 2. The van der Waals surface area contributed by atoms with Gasteiger partial charge >= 0.3 is 0 Å². The summed E-state index contributed by atoms with van der Waals surface area (Å²) in [5.74, 6) is 1.27. The lowest BCUT2D eigenvalue weighted by atomic mass is 9.96. The van der Waals surface area contributed by atoms with E-state index in [1.807, 2.05) is 27.8 Å². The normalized spacial score (nSPS) is 13.2. The van der Waals surface area contributed by atoms with Crippen molar-refractivity contribution < 1.29 is 9.53 Å². The average molecular weight is 502 g/mol. The van der Waals surface area contributed by atoms with Crippen molar-refractivity contribution in [1.82, 2.24) is 14.9 Å². The van der Waals surface area contributed by atoms with E-state index in [2.05, 4.69) is 67.2 Å². The van der Waals surface area contributed by atoms with Crippen LogP contribution in [0.15, 0.2) is 48.7 Å². The number of nitriles is 1. The van der Waals surface area contributed by atoms with Gasteiger partial charge in [0, 0.05) is 41.9 Å². The Morgan fingerprint density at radius 1 is 1.16 bits per heavy atom. The topological polar surface area (TPSA) is 106 Å². The van der Waals surface area contributed by atoms with Gasteiger partial charge in [0.15, 0.2) is 0 Å². The van der Waals surface area contributed by atoms with Crippen LogP contribution in [0.1, 0.15) is 75.3 Å². The van der Waals surface area contributed by atoms with Gasteiger partial charge in [-0.2, -0.15) is 5.26 Å². The first kappa shape index (κ1) is 27.9. The van der Waals surface area contributed by atoms with Crippen molar-refractivity contribution in [2.45, 2.75) is 78.0 Å². The number of hydrogen-bond donors (Lipinski definition) is 2. The highest BCUT2D eigenvalue weighted by Crippen LogP contribution is 2.26. The van der Waals surface area contributed by atoms with E-state index in [9.17, 15) is 10.1 Å². The Bertz CT molecular complexity index is 1260. The molecular formula is C30H39N5O2. The lowest BCUT2D eigenvalue weighted by molar-refractivity contribution is 0.0934. The number of carbonyl (C=O) groups is 1. The quantitative estimate of drug-likeness (QED) is 0.423. The Labute approximate surface area is 220 Å². The first-order valence-electron chi connectivity index (χ1n) is 12.8. The molecule has 7 nitrogen and oxygen atoms in total. The zero-order chi connectivity index (χ0) is 27.3. The first-order valence-corrected chi connectivity index (χ1v) is 12.8. The van der Waals surface area contributed by atoms with Crippen LogP contribution >= 0.6 is 0 Å². The molecule has 3 rings (SSSR count). The highest BCUT2D eigenvalue weighted by molar-refractivity contribution is 5.95.